The molecule has 0 saturated heterocycles. The van der Waals surface area contributed by atoms with Crippen LogP contribution in [0.4, 0.5) is 0 Å². The average Bonchev–Trinajstić information content (AvgIpc) is 3.42. The molecule has 0 saturated carbocycles. The Hall–Kier alpha value is -1.22. The summed E-state index contributed by atoms with van der Waals surface area (Å²) in [6, 6.07) is 32.3. The van der Waals surface area contributed by atoms with Gasteiger partial charge in [-0.25, -0.2) is 0 Å². The fourth-order valence-corrected chi connectivity index (χ4v) is 5.79. The Balaban J connectivity index is 0.000000767. The van der Waals surface area contributed by atoms with Crippen LogP contribution < -0.4 is 24.8 Å². The third-order valence-corrected chi connectivity index (χ3v) is 7.29. The van der Waals surface area contributed by atoms with E-state index in [2.05, 4.69) is 127 Å². The largest absolute Gasteiger partial charge is 3.00 e. The Morgan fingerprint density at radius 1 is 0.892 bits per heavy atom. The van der Waals surface area contributed by atoms with Gasteiger partial charge in [0.2, 0.25) is 0 Å². The number of allylic oxidation sites excluding steroid dienone is 1. The van der Waals surface area contributed by atoms with Crippen molar-refractivity contribution in [2.24, 2.45) is 0 Å². The molecule has 0 nitrogen and oxygen atoms in total. The molecule has 2 aliphatic rings. The number of halogens is 3. The molecule has 37 heavy (non-hydrogen) atoms. The van der Waals surface area contributed by atoms with E-state index in [1.807, 2.05) is 0 Å². The molecule has 6 rings (SSSR count). The molecule has 4 aromatic carbocycles. The summed E-state index contributed by atoms with van der Waals surface area (Å²) in [4.78, 5) is 0. The molecule has 0 aromatic heterocycles. The fourth-order valence-electron chi connectivity index (χ4n) is 5.39. The van der Waals surface area contributed by atoms with Crippen LogP contribution in [0.2, 0.25) is 13.1 Å². The second-order valence-corrected chi connectivity index (χ2v) is 10.9. The van der Waals surface area contributed by atoms with Crippen molar-refractivity contribution >= 4 is 31.5 Å². The summed E-state index contributed by atoms with van der Waals surface area (Å²) >= 11 is 3.64. The minimum Gasteiger partial charge on any atom is -1.00 e. The van der Waals surface area contributed by atoms with E-state index in [1.54, 1.807) is 0 Å². The van der Waals surface area contributed by atoms with Crippen LogP contribution in [0.25, 0.3) is 28.3 Å². The Labute approximate surface area is 264 Å². The summed E-state index contributed by atoms with van der Waals surface area (Å²) in [7, 11) is 1.08. The summed E-state index contributed by atoms with van der Waals surface area (Å²) in [6.07, 6.45) is 4.49. The smallest absolute Gasteiger partial charge is 1.00 e. The zero-order valence-corrected chi connectivity index (χ0v) is 27.8. The number of benzene rings is 4. The Bertz CT molecular complexity index is 1400. The maximum Gasteiger partial charge on any atom is 3.00 e. The topological polar surface area (TPSA) is 0 Å². The molecule has 0 bridgehead atoms. The zero-order chi connectivity index (χ0) is 23.7. The van der Waals surface area contributed by atoms with Gasteiger partial charge in [0.25, 0.3) is 0 Å². The maximum absolute atomic E-state index is 3.67. The van der Waals surface area contributed by atoms with Crippen molar-refractivity contribution in [3.8, 4) is 22.3 Å². The molecule has 5 heteroatoms. The van der Waals surface area contributed by atoms with E-state index in [0.29, 0.717) is 0 Å². The average molecular weight is 683 g/mol. The van der Waals surface area contributed by atoms with Gasteiger partial charge in [0, 0.05) is 19.9 Å². The van der Waals surface area contributed by atoms with Crippen molar-refractivity contribution in [1.82, 2.24) is 0 Å². The van der Waals surface area contributed by atoms with Gasteiger partial charge < -0.3 is 24.8 Å². The van der Waals surface area contributed by atoms with Crippen LogP contribution in [0, 0.1) is 6.07 Å². The first-order valence-electron chi connectivity index (χ1n) is 12.0. The van der Waals surface area contributed by atoms with E-state index in [9.17, 15) is 0 Å². The predicted octanol–water partition coefficient (Wildman–Crippen LogP) is 3.22. The SMILES string of the molecule is CCC1=Cc2c(-c3cccc(Br)c3)cccc2C1c1[c-]ccc2c1Cc1ccccc1-2.C[Si]C.[Cl-].[Cl-].[Zr+3]. The molecular weight excluding hydrogens is 654 g/mol. The van der Waals surface area contributed by atoms with Gasteiger partial charge >= 0.3 is 26.2 Å². The van der Waals surface area contributed by atoms with Gasteiger partial charge in [-0.05, 0) is 58.4 Å². The van der Waals surface area contributed by atoms with Crippen molar-refractivity contribution in [1.29, 1.82) is 0 Å². The Morgan fingerprint density at radius 2 is 1.59 bits per heavy atom. The predicted molar refractivity (Wildman–Crippen MR) is 151 cm³/mol. The van der Waals surface area contributed by atoms with E-state index in [0.717, 1.165) is 26.8 Å². The first kappa shape index (κ1) is 32.0. The fraction of sp³-hybridized carbons (Fsp3) is 0.188. The summed E-state index contributed by atoms with van der Waals surface area (Å²) in [5.41, 5.74) is 13.8. The third kappa shape index (κ3) is 6.18. The van der Waals surface area contributed by atoms with Gasteiger partial charge in [-0.2, -0.15) is 18.2 Å². The number of fused-ring (bicyclic) bond motifs is 4. The molecule has 0 spiro atoms. The van der Waals surface area contributed by atoms with Crippen molar-refractivity contribution in [3.05, 3.63) is 123 Å². The van der Waals surface area contributed by atoms with Gasteiger partial charge in [-0.3, -0.25) is 0 Å². The van der Waals surface area contributed by atoms with Gasteiger partial charge in [0.05, 0.1) is 0 Å². The molecule has 2 aliphatic carbocycles. The number of hydrogen-bond acceptors (Lipinski definition) is 0. The van der Waals surface area contributed by atoms with Crippen LogP contribution in [0.15, 0.2) is 88.9 Å². The quantitative estimate of drug-likeness (QED) is 0.203. The van der Waals surface area contributed by atoms with Gasteiger partial charge in [0.1, 0.15) is 0 Å². The first-order valence-corrected chi connectivity index (χ1v) is 14.7. The summed E-state index contributed by atoms with van der Waals surface area (Å²) in [5.74, 6) is 0.288. The molecule has 4 aromatic rings. The second kappa shape index (κ2) is 14.2. The molecule has 0 aliphatic heterocycles. The van der Waals surface area contributed by atoms with Crippen LogP contribution in [0.3, 0.4) is 0 Å². The van der Waals surface area contributed by atoms with Crippen LogP contribution in [-0.4, -0.2) is 9.52 Å². The van der Waals surface area contributed by atoms with Crippen LogP contribution in [0.5, 0.6) is 0 Å². The van der Waals surface area contributed by atoms with E-state index < -0.39 is 0 Å². The van der Waals surface area contributed by atoms with Crippen LogP contribution in [0.1, 0.15) is 47.1 Å². The minimum absolute atomic E-state index is 0. The molecular formula is C32H28BrCl2SiZr. The van der Waals surface area contributed by atoms with E-state index >= 15 is 0 Å². The van der Waals surface area contributed by atoms with E-state index in [4.69, 9.17) is 0 Å². The maximum atomic E-state index is 3.67. The standard InChI is InChI=1S/C30H22Br.C2H6Si.2ClH.Zr/c1-2-19-17-28-24(20-9-5-10-22(31)16-20)12-6-14-26(28)30(19)27-15-7-13-25-23-11-4-3-8-21(23)18-29(25)27;1-3-2;;;/h3-14,16-17,30H,2,18H2,1H3;1-2H3;2*1H;/q-1;;;;+3/p-2. The molecule has 0 heterocycles. The molecule has 0 amide bonds. The monoisotopic (exact) mass is 679 g/mol. The van der Waals surface area contributed by atoms with Crippen molar-refractivity contribution in [2.45, 2.75) is 38.8 Å². The Kier molecular flexibility index (Phi) is 12.3. The van der Waals surface area contributed by atoms with Gasteiger partial charge in [-0.1, -0.05) is 102 Å². The van der Waals surface area contributed by atoms with Crippen molar-refractivity contribution in [2.75, 3.05) is 0 Å². The van der Waals surface area contributed by atoms with Crippen molar-refractivity contribution in [3.63, 3.8) is 0 Å². The summed E-state index contributed by atoms with van der Waals surface area (Å²) < 4.78 is 1.11. The van der Waals surface area contributed by atoms with Crippen molar-refractivity contribution < 1.29 is 51.0 Å². The molecule has 1 unspecified atom stereocenters. The van der Waals surface area contributed by atoms with Crippen LogP contribution >= 0.6 is 15.9 Å². The number of hydrogen-bond donors (Lipinski definition) is 0. The zero-order valence-electron chi connectivity index (χ0n) is 21.2. The normalized spacial score (nSPS) is 13.8. The van der Waals surface area contributed by atoms with Gasteiger partial charge in [-0.15, -0.1) is 16.7 Å². The number of rotatable bonds is 3. The van der Waals surface area contributed by atoms with E-state index in [-0.39, 0.29) is 56.9 Å². The minimum atomic E-state index is 0. The molecule has 1 atom stereocenters. The molecule has 0 N–H and O–H groups in total. The summed E-state index contributed by atoms with van der Waals surface area (Å²) in [5, 5.41) is 0. The molecule has 0 fully saturated rings. The molecule has 185 valence electrons. The Morgan fingerprint density at radius 3 is 2.32 bits per heavy atom. The first-order chi connectivity index (χ1) is 16.7. The summed E-state index contributed by atoms with van der Waals surface area (Å²) in [6.45, 7) is 6.58. The molecule has 3 radical (unpaired) electrons. The second-order valence-electron chi connectivity index (χ2n) is 8.94. The third-order valence-electron chi connectivity index (χ3n) is 6.80. The van der Waals surface area contributed by atoms with Gasteiger partial charge in [0.15, 0.2) is 0 Å². The van der Waals surface area contributed by atoms with E-state index in [1.165, 1.54) is 55.6 Å². The van der Waals surface area contributed by atoms with Crippen LogP contribution in [-0.2, 0) is 32.6 Å².